The van der Waals surface area contributed by atoms with E-state index in [0.29, 0.717) is 44.9 Å². The number of carboxylic acid groups (broad SMARTS) is 1. The molecule has 0 unspecified atom stereocenters. The Morgan fingerprint density at radius 3 is 2.25 bits per heavy atom. The predicted molar refractivity (Wildman–Crippen MR) is 75.4 cm³/mol. The van der Waals surface area contributed by atoms with E-state index in [4.69, 9.17) is 5.11 Å². The number of nitrogens with zero attached hydrogens (tertiary/aromatic N) is 2. The third kappa shape index (κ3) is 3.32. The average molecular weight is 304 g/mol. The average Bonchev–Trinajstić information content (AvgIpc) is 2.37. The number of aliphatic carboxylic acids is 1. The number of carboxylic acids is 1. The van der Waals surface area contributed by atoms with Gasteiger partial charge in [0.05, 0.1) is 5.92 Å². The molecule has 7 heteroatoms. The Labute approximate surface area is 120 Å². The van der Waals surface area contributed by atoms with E-state index in [9.17, 15) is 13.2 Å². The van der Waals surface area contributed by atoms with Crippen molar-refractivity contribution in [1.29, 1.82) is 0 Å². The first-order valence-corrected chi connectivity index (χ1v) is 8.83. The molecule has 0 radical (unpaired) electrons. The zero-order valence-corrected chi connectivity index (χ0v) is 12.8. The molecule has 0 bridgehead atoms. The fraction of sp³-hybridized carbons (Fsp3) is 0.923. The van der Waals surface area contributed by atoms with Crippen molar-refractivity contribution in [3.05, 3.63) is 0 Å². The van der Waals surface area contributed by atoms with Gasteiger partial charge in [-0.25, -0.2) is 0 Å². The molecule has 0 aromatic heterocycles. The quantitative estimate of drug-likeness (QED) is 0.798. The maximum Gasteiger partial charge on any atom is 0.306 e. The van der Waals surface area contributed by atoms with Crippen molar-refractivity contribution in [2.24, 2.45) is 11.8 Å². The van der Waals surface area contributed by atoms with Crippen LogP contribution >= 0.6 is 0 Å². The van der Waals surface area contributed by atoms with E-state index in [1.54, 1.807) is 4.31 Å². The maximum atomic E-state index is 12.6. The van der Waals surface area contributed by atoms with Crippen LogP contribution in [0.4, 0.5) is 0 Å². The van der Waals surface area contributed by atoms with Crippen molar-refractivity contribution in [2.75, 3.05) is 26.2 Å². The lowest BCUT2D eigenvalue weighted by Gasteiger charge is -2.36. The normalized spacial score (nSPS) is 22.9. The minimum absolute atomic E-state index is 0.320. The fourth-order valence-electron chi connectivity index (χ4n) is 2.85. The van der Waals surface area contributed by atoms with Gasteiger partial charge < -0.3 is 5.11 Å². The molecule has 1 aliphatic carbocycles. The van der Waals surface area contributed by atoms with Gasteiger partial charge in [-0.1, -0.05) is 13.3 Å². The van der Waals surface area contributed by atoms with Crippen LogP contribution in [0.5, 0.6) is 0 Å². The van der Waals surface area contributed by atoms with Crippen LogP contribution in [-0.4, -0.2) is 54.3 Å². The number of rotatable bonds is 6. The van der Waals surface area contributed by atoms with Crippen LogP contribution in [-0.2, 0) is 15.0 Å². The van der Waals surface area contributed by atoms with Crippen LogP contribution in [0.25, 0.3) is 0 Å². The lowest BCUT2D eigenvalue weighted by molar-refractivity contribution is -0.142. The van der Waals surface area contributed by atoms with Gasteiger partial charge in [-0.05, 0) is 31.6 Å². The van der Waals surface area contributed by atoms with Gasteiger partial charge in [0.15, 0.2) is 0 Å². The van der Waals surface area contributed by atoms with Crippen molar-refractivity contribution >= 4 is 16.2 Å². The first-order valence-electron chi connectivity index (χ1n) is 7.43. The zero-order valence-electron chi connectivity index (χ0n) is 12.0. The summed E-state index contributed by atoms with van der Waals surface area (Å²) in [4.78, 5) is 10.9. The van der Waals surface area contributed by atoms with Gasteiger partial charge in [0.1, 0.15) is 0 Å². The summed E-state index contributed by atoms with van der Waals surface area (Å²) in [5.74, 6) is -0.715. The maximum absolute atomic E-state index is 12.6. The van der Waals surface area contributed by atoms with Crippen molar-refractivity contribution in [3.63, 3.8) is 0 Å². The third-order valence-corrected chi connectivity index (χ3v) is 6.57. The van der Waals surface area contributed by atoms with E-state index in [2.05, 4.69) is 0 Å². The van der Waals surface area contributed by atoms with Crippen LogP contribution in [0.15, 0.2) is 0 Å². The highest BCUT2D eigenvalue weighted by Gasteiger charge is 2.35. The Hall–Kier alpha value is -0.660. The summed E-state index contributed by atoms with van der Waals surface area (Å²) in [6.07, 6.45) is 4.26. The summed E-state index contributed by atoms with van der Waals surface area (Å²) in [5, 5.41) is 8.96. The Morgan fingerprint density at radius 2 is 1.85 bits per heavy atom. The van der Waals surface area contributed by atoms with Crippen LogP contribution in [0.3, 0.4) is 0 Å². The van der Waals surface area contributed by atoms with Gasteiger partial charge >= 0.3 is 5.97 Å². The molecule has 2 fully saturated rings. The van der Waals surface area contributed by atoms with E-state index in [1.165, 1.54) is 10.7 Å². The Kier molecular flexibility index (Phi) is 5.04. The minimum atomic E-state index is -3.42. The standard InChI is InChI=1S/C13H24N2O4S/c1-2-14(10-11-4-3-5-11)20(18,19)15-8-6-12(7-9-15)13(16)17/h11-12H,2-10H2,1H3,(H,16,17). The van der Waals surface area contributed by atoms with E-state index < -0.39 is 22.1 Å². The molecule has 2 aliphatic rings. The predicted octanol–water partition coefficient (Wildman–Crippen LogP) is 1.15. The Balaban J connectivity index is 1.96. The van der Waals surface area contributed by atoms with E-state index in [0.717, 1.165) is 12.8 Å². The molecular weight excluding hydrogens is 280 g/mol. The second-order valence-electron chi connectivity index (χ2n) is 5.77. The highest BCUT2D eigenvalue weighted by Crippen LogP contribution is 2.29. The topological polar surface area (TPSA) is 77.9 Å². The highest BCUT2D eigenvalue weighted by molar-refractivity contribution is 7.86. The summed E-state index contributed by atoms with van der Waals surface area (Å²) in [6, 6.07) is 0. The minimum Gasteiger partial charge on any atom is -0.481 e. The number of hydrogen-bond donors (Lipinski definition) is 1. The molecule has 0 aromatic carbocycles. The second-order valence-corrected chi connectivity index (χ2v) is 7.70. The lowest BCUT2D eigenvalue weighted by Crippen LogP contribution is -2.49. The molecule has 1 saturated carbocycles. The van der Waals surface area contributed by atoms with Crippen molar-refractivity contribution in [3.8, 4) is 0 Å². The molecule has 0 atom stereocenters. The van der Waals surface area contributed by atoms with E-state index in [1.807, 2.05) is 6.92 Å². The Morgan fingerprint density at radius 1 is 1.25 bits per heavy atom. The molecule has 20 heavy (non-hydrogen) atoms. The third-order valence-electron chi connectivity index (χ3n) is 4.50. The van der Waals surface area contributed by atoms with Crippen molar-refractivity contribution < 1.29 is 18.3 Å². The fourth-order valence-corrected chi connectivity index (χ4v) is 4.57. The van der Waals surface area contributed by atoms with Gasteiger partial charge in [-0.15, -0.1) is 0 Å². The number of hydrogen-bond acceptors (Lipinski definition) is 3. The summed E-state index contributed by atoms with van der Waals surface area (Å²) < 4.78 is 28.2. The highest BCUT2D eigenvalue weighted by atomic mass is 32.2. The van der Waals surface area contributed by atoms with Crippen molar-refractivity contribution in [2.45, 2.75) is 39.0 Å². The number of piperidine rings is 1. The summed E-state index contributed by atoms with van der Waals surface area (Å²) in [7, 11) is -3.42. The van der Waals surface area contributed by atoms with Gasteiger partial charge in [-0.2, -0.15) is 17.0 Å². The second kappa shape index (κ2) is 6.41. The smallest absolute Gasteiger partial charge is 0.306 e. The van der Waals surface area contributed by atoms with Crippen LogP contribution in [0, 0.1) is 11.8 Å². The van der Waals surface area contributed by atoms with Crippen LogP contribution < -0.4 is 0 Å². The zero-order chi connectivity index (χ0) is 14.8. The summed E-state index contributed by atoms with van der Waals surface area (Å²) >= 11 is 0. The summed E-state index contributed by atoms with van der Waals surface area (Å²) in [6.45, 7) is 3.59. The molecule has 0 amide bonds. The van der Waals surface area contributed by atoms with Gasteiger partial charge in [0, 0.05) is 26.2 Å². The molecule has 1 saturated heterocycles. The number of carbonyl (C=O) groups is 1. The first kappa shape index (κ1) is 15.7. The van der Waals surface area contributed by atoms with E-state index in [-0.39, 0.29) is 0 Å². The van der Waals surface area contributed by atoms with Gasteiger partial charge in [0.2, 0.25) is 0 Å². The summed E-state index contributed by atoms with van der Waals surface area (Å²) in [5.41, 5.74) is 0. The lowest BCUT2D eigenvalue weighted by atomic mass is 9.85. The SMILES string of the molecule is CCN(CC1CCC1)S(=O)(=O)N1CCC(C(=O)O)CC1. The van der Waals surface area contributed by atoms with Crippen molar-refractivity contribution in [1.82, 2.24) is 8.61 Å². The van der Waals surface area contributed by atoms with Crippen LogP contribution in [0.2, 0.25) is 0 Å². The van der Waals surface area contributed by atoms with E-state index >= 15 is 0 Å². The van der Waals surface area contributed by atoms with Gasteiger partial charge in [0.25, 0.3) is 10.2 Å². The Bertz CT molecular complexity index is 439. The van der Waals surface area contributed by atoms with Crippen LogP contribution in [0.1, 0.15) is 39.0 Å². The molecule has 116 valence electrons. The van der Waals surface area contributed by atoms with Gasteiger partial charge in [-0.3, -0.25) is 4.79 Å². The largest absolute Gasteiger partial charge is 0.481 e. The first-order chi connectivity index (χ1) is 9.45. The molecule has 0 spiro atoms. The molecule has 2 rings (SSSR count). The molecular formula is C13H24N2O4S. The monoisotopic (exact) mass is 304 g/mol. The molecule has 1 aliphatic heterocycles. The molecule has 0 aromatic rings. The molecule has 6 nitrogen and oxygen atoms in total. The molecule has 1 heterocycles. The molecule has 1 N–H and O–H groups in total.